The molecule has 0 aliphatic carbocycles. The molecule has 1 aliphatic rings. The van der Waals surface area contributed by atoms with Crippen molar-refractivity contribution in [2.45, 2.75) is 31.1 Å². The highest BCUT2D eigenvalue weighted by atomic mass is 32.2. The molecule has 1 amide bonds. The molecular formula is C16H22N2O5S. The van der Waals surface area contributed by atoms with E-state index in [1.165, 1.54) is 35.5 Å². The third-order valence-electron chi connectivity index (χ3n) is 4.04. The first-order chi connectivity index (χ1) is 11.3. The number of carboxylic acids is 1. The van der Waals surface area contributed by atoms with E-state index in [0.717, 1.165) is 19.3 Å². The van der Waals surface area contributed by atoms with Crippen molar-refractivity contribution in [3.63, 3.8) is 0 Å². The second kappa shape index (κ2) is 7.76. The maximum Gasteiger partial charge on any atom is 0.308 e. The van der Waals surface area contributed by atoms with E-state index in [9.17, 15) is 18.0 Å². The summed E-state index contributed by atoms with van der Waals surface area (Å²) in [4.78, 5) is 23.0. The zero-order valence-corrected chi connectivity index (χ0v) is 14.4. The van der Waals surface area contributed by atoms with Gasteiger partial charge in [-0.05, 0) is 31.0 Å². The summed E-state index contributed by atoms with van der Waals surface area (Å²) in [5.74, 6) is -2.20. The van der Waals surface area contributed by atoms with Crippen molar-refractivity contribution >= 4 is 21.9 Å². The number of sulfonamides is 1. The SMILES string of the molecule is CC(CNC(=O)c1cccc(S(=O)(=O)N2CCCCC2)c1)C(=O)O. The Morgan fingerprint density at radius 1 is 1.25 bits per heavy atom. The maximum absolute atomic E-state index is 12.6. The van der Waals surface area contributed by atoms with Crippen LogP contribution in [0.25, 0.3) is 0 Å². The van der Waals surface area contributed by atoms with Crippen LogP contribution in [0.15, 0.2) is 29.2 Å². The molecule has 1 saturated heterocycles. The fourth-order valence-corrected chi connectivity index (χ4v) is 4.05. The van der Waals surface area contributed by atoms with Gasteiger partial charge >= 0.3 is 5.97 Å². The van der Waals surface area contributed by atoms with E-state index in [1.807, 2.05) is 0 Å². The van der Waals surface area contributed by atoms with Crippen LogP contribution in [-0.2, 0) is 14.8 Å². The number of aliphatic carboxylic acids is 1. The van der Waals surface area contributed by atoms with E-state index in [0.29, 0.717) is 13.1 Å². The van der Waals surface area contributed by atoms with Crippen molar-refractivity contribution in [1.82, 2.24) is 9.62 Å². The van der Waals surface area contributed by atoms with Gasteiger partial charge in [0.2, 0.25) is 10.0 Å². The number of carbonyl (C=O) groups is 2. The minimum Gasteiger partial charge on any atom is -0.481 e. The normalized spacial score (nSPS) is 17.2. The summed E-state index contributed by atoms with van der Waals surface area (Å²) in [5.41, 5.74) is 0.200. The second-order valence-corrected chi connectivity index (χ2v) is 7.88. The second-order valence-electron chi connectivity index (χ2n) is 5.94. The van der Waals surface area contributed by atoms with Crippen molar-refractivity contribution < 1.29 is 23.1 Å². The highest BCUT2D eigenvalue weighted by Gasteiger charge is 2.26. The molecule has 1 aromatic rings. The van der Waals surface area contributed by atoms with Crippen molar-refractivity contribution in [3.05, 3.63) is 29.8 Å². The molecule has 1 aromatic carbocycles. The number of amides is 1. The number of carboxylic acid groups (broad SMARTS) is 1. The van der Waals surface area contributed by atoms with Gasteiger partial charge in [0.1, 0.15) is 0 Å². The van der Waals surface area contributed by atoms with E-state index in [4.69, 9.17) is 5.11 Å². The van der Waals surface area contributed by atoms with Gasteiger partial charge in [-0.1, -0.05) is 19.4 Å². The molecule has 7 nitrogen and oxygen atoms in total. The Kier molecular flexibility index (Phi) is 5.95. The van der Waals surface area contributed by atoms with E-state index in [-0.39, 0.29) is 17.0 Å². The Bertz CT molecular complexity index is 711. The standard InChI is InChI=1S/C16H22N2O5S/c1-12(16(20)21)11-17-15(19)13-6-5-7-14(10-13)24(22,23)18-8-3-2-4-9-18/h5-7,10,12H,2-4,8-9,11H2,1H3,(H,17,19)(H,20,21). The maximum atomic E-state index is 12.6. The van der Waals surface area contributed by atoms with Gasteiger partial charge in [-0.25, -0.2) is 8.42 Å². The van der Waals surface area contributed by atoms with Crippen LogP contribution in [0.1, 0.15) is 36.5 Å². The largest absolute Gasteiger partial charge is 0.481 e. The molecule has 0 spiro atoms. The molecule has 1 fully saturated rings. The molecule has 0 saturated carbocycles. The molecule has 0 bridgehead atoms. The molecule has 2 N–H and O–H groups in total. The van der Waals surface area contributed by atoms with Gasteiger partial charge in [-0.15, -0.1) is 0 Å². The van der Waals surface area contributed by atoms with Gasteiger partial charge in [0.25, 0.3) is 5.91 Å². The summed E-state index contributed by atoms with van der Waals surface area (Å²) in [6.45, 7) is 2.46. The number of nitrogens with one attached hydrogen (secondary N) is 1. The monoisotopic (exact) mass is 354 g/mol. The lowest BCUT2D eigenvalue weighted by atomic mass is 10.1. The van der Waals surface area contributed by atoms with Crippen molar-refractivity contribution in [2.24, 2.45) is 5.92 Å². The smallest absolute Gasteiger partial charge is 0.308 e. The van der Waals surface area contributed by atoms with Crippen molar-refractivity contribution in [1.29, 1.82) is 0 Å². The molecule has 1 heterocycles. The number of benzene rings is 1. The Labute approximate surface area is 141 Å². The molecule has 1 aliphatic heterocycles. The lowest BCUT2D eigenvalue weighted by Crippen LogP contribution is -2.36. The molecule has 1 unspecified atom stereocenters. The molecule has 2 rings (SSSR count). The van der Waals surface area contributed by atoms with Gasteiger partial charge in [-0.2, -0.15) is 4.31 Å². The number of hydrogen-bond donors (Lipinski definition) is 2. The third kappa shape index (κ3) is 4.33. The van der Waals surface area contributed by atoms with E-state index in [1.54, 1.807) is 0 Å². The Balaban J connectivity index is 2.13. The Morgan fingerprint density at radius 3 is 2.54 bits per heavy atom. The van der Waals surface area contributed by atoms with Crippen molar-refractivity contribution in [2.75, 3.05) is 19.6 Å². The zero-order valence-electron chi connectivity index (χ0n) is 13.6. The molecule has 0 radical (unpaired) electrons. The topological polar surface area (TPSA) is 104 Å². The Morgan fingerprint density at radius 2 is 1.92 bits per heavy atom. The van der Waals surface area contributed by atoms with E-state index in [2.05, 4.69) is 5.32 Å². The summed E-state index contributed by atoms with van der Waals surface area (Å²) in [6.07, 6.45) is 2.70. The highest BCUT2D eigenvalue weighted by molar-refractivity contribution is 7.89. The summed E-state index contributed by atoms with van der Waals surface area (Å²) in [5, 5.41) is 11.3. The lowest BCUT2D eigenvalue weighted by molar-refractivity contribution is -0.140. The number of carbonyl (C=O) groups excluding carboxylic acids is 1. The average Bonchev–Trinajstić information content (AvgIpc) is 2.60. The minimum absolute atomic E-state index is 0.0166. The Hall–Kier alpha value is -1.93. The summed E-state index contributed by atoms with van der Waals surface area (Å²) in [6, 6.07) is 5.84. The highest BCUT2D eigenvalue weighted by Crippen LogP contribution is 2.21. The van der Waals surface area contributed by atoms with Crippen LogP contribution in [0.2, 0.25) is 0 Å². The van der Waals surface area contributed by atoms with Crippen LogP contribution in [0.3, 0.4) is 0 Å². The van der Waals surface area contributed by atoms with Gasteiger partial charge in [0.05, 0.1) is 10.8 Å². The van der Waals surface area contributed by atoms with Gasteiger partial charge in [-0.3, -0.25) is 9.59 Å². The minimum atomic E-state index is -3.60. The molecule has 24 heavy (non-hydrogen) atoms. The summed E-state index contributed by atoms with van der Waals surface area (Å²) in [7, 11) is -3.60. The number of rotatable bonds is 6. The molecule has 1 atom stereocenters. The van der Waals surface area contributed by atoms with Gasteiger partial charge < -0.3 is 10.4 Å². The lowest BCUT2D eigenvalue weighted by Gasteiger charge is -2.26. The van der Waals surface area contributed by atoms with Crippen LogP contribution in [-0.4, -0.2) is 49.3 Å². The quantitative estimate of drug-likeness (QED) is 0.802. The predicted molar refractivity (Wildman–Crippen MR) is 88.2 cm³/mol. The van der Waals surface area contributed by atoms with Crippen LogP contribution in [0.4, 0.5) is 0 Å². The van der Waals surface area contributed by atoms with Gasteiger partial charge in [0.15, 0.2) is 0 Å². The number of hydrogen-bond acceptors (Lipinski definition) is 4. The van der Waals surface area contributed by atoms with E-state index >= 15 is 0 Å². The molecule has 8 heteroatoms. The summed E-state index contributed by atoms with van der Waals surface area (Å²) >= 11 is 0. The molecule has 0 aromatic heterocycles. The van der Waals surface area contributed by atoms with Crippen LogP contribution < -0.4 is 5.32 Å². The van der Waals surface area contributed by atoms with Crippen LogP contribution >= 0.6 is 0 Å². The fourth-order valence-electron chi connectivity index (χ4n) is 2.49. The first-order valence-electron chi connectivity index (χ1n) is 7.93. The number of nitrogens with zero attached hydrogens (tertiary/aromatic N) is 1. The summed E-state index contributed by atoms with van der Waals surface area (Å²) < 4.78 is 26.7. The predicted octanol–water partition coefficient (Wildman–Crippen LogP) is 1.31. The first kappa shape index (κ1) is 18.4. The van der Waals surface area contributed by atoms with E-state index < -0.39 is 27.8 Å². The third-order valence-corrected chi connectivity index (χ3v) is 5.93. The van der Waals surface area contributed by atoms with Gasteiger partial charge in [0, 0.05) is 25.2 Å². The average molecular weight is 354 g/mol. The molecule has 132 valence electrons. The van der Waals surface area contributed by atoms with Crippen LogP contribution in [0.5, 0.6) is 0 Å². The number of piperidine rings is 1. The zero-order chi connectivity index (χ0) is 17.7. The van der Waals surface area contributed by atoms with Crippen molar-refractivity contribution in [3.8, 4) is 0 Å². The fraction of sp³-hybridized carbons (Fsp3) is 0.500. The van der Waals surface area contributed by atoms with Crippen LogP contribution in [0, 0.1) is 5.92 Å². The molecular weight excluding hydrogens is 332 g/mol. The first-order valence-corrected chi connectivity index (χ1v) is 9.37.